The van der Waals surface area contributed by atoms with E-state index < -0.39 is 6.10 Å². The Hall–Kier alpha value is -1.54. The molecule has 2 heteroatoms. The molecule has 1 atom stereocenters. The maximum Gasteiger partial charge on any atom is 0.123 e. The Labute approximate surface area is 134 Å². The van der Waals surface area contributed by atoms with E-state index in [9.17, 15) is 10.2 Å². The summed E-state index contributed by atoms with van der Waals surface area (Å²) < 4.78 is 0. The van der Waals surface area contributed by atoms with Gasteiger partial charge in [-0.3, -0.25) is 0 Å². The summed E-state index contributed by atoms with van der Waals surface area (Å²) in [5.41, 5.74) is 3.54. The first kappa shape index (κ1) is 16.8. The van der Waals surface area contributed by atoms with Gasteiger partial charge in [-0.05, 0) is 34.6 Å². The molecule has 0 spiro atoms. The molecule has 1 aromatic rings. The van der Waals surface area contributed by atoms with Gasteiger partial charge < -0.3 is 10.2 Å². The van der Waals surface area contributed by atoms with Gasteiger partial charge in [0, 0.05) is 11.0 Å². The molecular weight excluding hydrogens is 272 g/mol. The molecule has 0 amide bonds. The third-order valence-corrected chi connectivity index (χ3v) is 4.57. The van der Waals surface area contributed by atoms with Crippen LogP contribution in [0, 0.1) is 11.3 Å². The number of aliphatic hydroxyl groups is 1. The fourth-order valence-electron chi connectivity index (χ4n) is 3.13. The van der Waals surface area contributed by atoms with Crippen molar-refractivity contribution >= 4 is 5.57 Å². The topological polar surface area (TPSA) is 40.5 Å². The SMILES string of the molecule is CC(C)C1=C(c2c(O)cccc2C(C)C)C(O)C(C)(C)C=C1. The second kappa shape index (κ2) is 5.92. The van der Waals surface area contributed by atoms with E-state index in [0.29, 0.717) is 0 Å². The maximum atomic E-state index is 11.0. The van der Waals surface area contributed by atoms with Crippen molar-refractivity contribution in [1.82, 2.24) is 0 Å². The number of rotatable bonds is 3. The molecule has 1 aliphatic carbocycles. The Morgan fingerprint density at radius 1 is 1.05 bits per heavy atom. The van der Waals surface area contributed by atoms with Gasteiger partial charge in [0.1, 0.15) is 5.75 Å². The van der Waals surface area contributed by atoms with Gasteiger partial charge in [-0.15, -0.1) is 0 Å². The molecule has 0 saturated carbocycles. The highest BCUT2D eigenvalue weighted by Gasteiger charge is 2.36. The van der Waals surface area contributed by atoms with Crippen LogP contribution in [0.5, 0.6) is 5.75 Å². The average molecular weight is 300 g/mol. The summed E-state index contributed by atoms with van der Waals surface area (Å²) in [5, 5.41) is 21.5. The molecule has 0 aromatic heterocycles. The Kier molecular flexibility index (Phi) is 4.53. The summed E-state index contributed by atoms with van der Waals surface area (Å²) in [6.07, 6.45) is 3.56. The summed E-state index contributed by atoms with van der Waals surface area (Å²) in [7, 11) is 0. The second-order valence-electron chi connectivity index (χ2n) is 7.48. The van der Waals surface area contributed by atoms with Gasteiger partial charge in [-0.1, -0.05) is 65.8 Å². The predicted molar refractivity (Wildman–Crippen MR) is 92.9 cm³/mol. The Balaban J connectivity index is 2.79. The van der Waals surface area contributed by atoms with Crippen molar-refractivity contribution in [3.8, 4) is 5.75 Å². The third kappa shape index (κ3) is 2.85. The van der Waals surface area contributed by atoms with E-state index in [1.54, 1.807) is 6.07 Å². The number of aliphatic hydroxyl groups excluding tert-OH is 1. The second-order valence-corrected chi connectivity index (χ2v) is 7.48. The normalized spacial score (nSPS) is 21.0. The zero-order chi connectivity index (χ0) is 16.7. The zero-order valence-corrected chi connectivity index (χ0v) is 14.5. The summed E-state index contributed by atoms with van der Waals surface area (Å²) >= 11 is 0. The zero-order valence-electron chi connectivity index (χ0n) is 14.5. The lowest BCUT2D eigenvalue weighted by atomic mass is 9.71. The Morgan fingerprint density at radius 2 is 1.68 bits per heavy atom. The molecule has 0 bridgehead atoms. The quantitative estimate of drug-likeness (QED) is 0.835. The minimum Gasteiger partial charge on any atom is -0.507 e. The molecule has 0 fully saturated rings. The number of benzene rings is 1. The van der Waals surface area contributed by atoms with E-state index >= 15 is 0 Å². The lowest BCUT2D eigenvalue weighted by molar-refractivity contribution is 0.131. The number of hydrogen-bond donors (Lipinski definition) is 2. The van der Waals surface area contributed by atoms with Crippen molar-refractivity contribution in [2.45, 2.75) is 53.6 Å². The molecule has 0 heterocycles. The smallest absolute Gasteiger partial charge is 0.123 e. The number of phenolic OH excluding ortho intramolecular Hbond substituents is 1. The van der Waals surface area contributed by atoms with Crippen LogP contribution in [0.3, 0.4) is 0 Å². The first-order valence-corrected chi connectivity index (χ1v) is 8.10. The average Bonchev–Trinajstić information content (AvgIpc) is 2.41. The van der Waals surface area contributed by atoms with E-state index in [1.807, 2.05) is 26.0 Å². The monoisotopic (exact) mass is 300 g/mol. The van der Waals surface area contributed by atoms with Gasteiger partial charge in [-0.2, -0.15) is 0 Å². The van der Waals surface area contributed by atoms with Gasteiger partial charge >= 0.3 is 0 Å². The van der Waals surface area contributed by atoms with Crippen LogP contribution in [-0.2, 0) is 0 Å². The predicted octanol–water partition coefficient (Wildman–Crippen LogP) is 4.88. The van der Waals surface area contributed by atoms with Gasteiger partial charge in [-0.25, -0.2) is 0 Å². The minimum absolute atomic E-state index is 0.254. The number of hydrogen-bond acceptors (Lipinski definition) is 2. The van der Waals surface area contributed by atoms with E-state index in [2.05, 4.69) is 39.8 Å². The van der Waals surface area contributed by atoms with Crippen LogP contribution in [-0.4, -0.2) is 16.3 Å². The summed E-state index contributed by atoms with van der Waals surface area (Å²) in [5.74, 6) is 0.824. The van der Waals surface area contributed by atoms with E-state index in [0.717, 1.165) is 22.3 Å². The van der Waals surface area contributed by atoms with Gasteiger partial charge in [0.05, 0.1) is 6.10 Å². The van der Waals surface area contributed by atoms with Crippen LogP contribution in [0.25, 0.3) is 5.57 Å². The molecular formula is C20H28O2. The van der Waals surface area contributed by atoms with Crippen molar-refractivity contribution in [3.05, 3.63) is 47.1 Å². The molecule has 1 unspecified atom stereocenters. The molecule has 2 rings (SSSR count). The lowest BCUT2D eigenvalue weighted by Crippen LogP contribution is -2.32. The molecule has 0 saturated heterocycles. The fourth-order valence-corrected chi connectivity index (χ4v) is 3.13. The standard InChI is InChI=1S/C20H28O2/c1-12(2)14-8-7-9-16(21)17(14)18-15(13(3)4)10-11-20(5,6)19(18)22/h7-13,19,21-22H,1-6H3. The number of phenols is 1. The van der Waals surface area contributed by atoms with Crippen LogP contribution in [0.2, 0.25) is 0 Å². The highest BCUT2D eigenvalue weighted by molar-refractivity contribution is 5.81. The van der Waals surface area contributed by atoms with Crippen LogP contribution in [0.4, 0.5) is 0 Å². The molecule has 1 aliphatic rings. The summed E-state index contributed by atoms with van der Waals surface area (Å²) in [6, 6.07) is 5.63. The Morgan fingerprint density at radius 3 is 2.23 bits per heavy atom. The van der Waals surface area contributed by atoms with Crippen molar-refractivity contribution in [3.63, 3.8) is 0 Å². The Bertz CT molecular complexity index is 619. The van der Waals surface area contributed by atoms with Gasteiger partial charge in [0.2, 0.25) is 0 Å². The first-order chi connectivity index (χ1) is 10.2. The molecule has 2 nitrogen and oxygen atoms in total. The van der Waals surface area contributed by atoms with E-state index in [-0.39, 0.29) is 23.0 Å². The molecule has 2 N–H and O–H groups in total. The highest BCUT2D eigenvalue weighted by Crippen LogP contribution is 2.45. The van der Waals surface area contributed by atoms with Crippen molar-refractivity contribution in [1.29, 1.82) is 0 Å². The summed E-state index contributed by atoms with van der Waals surface area (Å²) in [4.78, 5) is 0. The lowest BCUT2D eigenvalue weighted by Gasteiger charge is -2.36. The summed E-state index contributed by atoms with van der Waals surface area (Å²) in [6.45, 7) is 12.5. The molecule has 1 aromatic carbocycles. The fraction of sp³-hybridized carbons (Fsp3) is 0.500. The van der Waals surface area contributed by atoms with Crippen LogP contribution in [0.1, 0.15) is 58.6 Å². The molecule has 120 valence electrons. The number of allylic oxidation sites excluding steroid dienone is 2. The number of aromatic hydroxyl groups is 1. The van der Waals surface area contributed by atoms with Crippen LogP contribution in [0.15, 0.2) is 35.9 Å². The van der Waals surface area contributed by atoms with Crippen molar-refractivity contribution in [2.24, 2.45) is 11.3 Å². The maximum absolute atomic E-state index is 11.0. The first-order valence-electron chi connectivity index (χ1n) is 8.10. The molecule has 22 heavy (non-hydrogen) atoms. The third-order valence-electron chi connectivity index (χ3n) is 4.57. The molecule has 0 aliphatic heterocycles. The van der Waals surface area contributed by atoms with E-state index in [1.165, 1.54) is 0 Å². The van der Waals surface area contributed by atoms with Gasteiger partial charge in [0.15, 0.2) is 0 Å². The van der Waals surface area contributed by atoms with Gasteiger partial charge in [0.25, 0.3) is 0 Å². The van der Waals surface area contributed by atoms with Crippen molar-refractivity contribution in [2.75, 3.05) is 0 Å². The minimum atomic E-state index is -0.624. The van der Waals surface area contributed by atoms with Crippen molar-refractivity contribution < 1.29 is 10.2 Å². The molecule has 0 radical (unpaired) electrons. The van der Waals surface area contributed by atoms with Crippen LogP contribution >= 0.6 is 0 Å². The van der Waals surface area contributed by atoms with E-state index in [4.69, 9.17) is 0 Å². The highest BCUT2D eigenvalue weighted by atomic mass is 16.3. The largest absolute Gasteiger partial charge is 0.507 e. The van der Waals surface area contributed by atoms with Crippen LogP contribution < -0.4 is 0 Å².